The van der Waals surface area contributed by atoms with E-state index in [-0.39, 0.29) is 22.2 Å². The second-order valence-electron chi connectivity index (χ2n) is 8.03. The number of aryl methyl sites for hydroxylation is 1. The van der Waals surface area contributed by atoms with Gasteiger partial charge in [-0.15, -0.1) is 0 Å². The van der Waals surface area contributed by atoms with Crippen molar-refractivity contribution >= 4 is 21.6 Å². The second-order valence-corrected chi connectivity index (χ2v) is 9.71. The third-order valence-electron chi connectivity index (χ3n) is 5.44. The molecule has 1 atom stereocenters. The third kappa shape index (κ3) is 5.92. The van der Waals surface area contributed by atoms with Gasteiger partial charge < -0.3 is 15.0 Å². The van der Waals surface area contributed by atoms with Gasteiger partial charge in [0.05, 0.1) is 23.7 Å². The fourth-order valence-electron chi connectivity index (χ4n) is 3.49. The monoisotopic (exact) mass is 485 g/mol. The van der Waals surface area contributed by atoms with Crippen molar-refractivity contribution in [3.63, 3.8) is 0 Å². The summed E-state index contributed by atoms with van der Waals surface area (Å²) in [6.07, 6.45) is 0. The number of sulfonamides is 1. The summed E-state index contributed by atoms with van der Waals surface area (Å²) < 4.78 is 47.1. The van der Waals surface area contributed by atoms with Crippen molar-refractivity contribution in [3.05, 3.63) is 89.2 Å². The number of halogens is 1. The van der Waals surface area contributed by atoms with Gasteiger partial charge in [-0.25, -0.2) is 12.8 Å². The number of para-hydroxylation sites is 1. The molecule has 180 valence electrons. The molecule has 0 spiro atoms. The van der Waals surface area contributed by atoms with E-state index in [9.17, 15) is 17.6 Å². The third-order valence-corrected chi connectivity index (χ3v) is 6.80. The molecule has 2 N–H and O–H groups in total. The smallest absolute Gasteiger partial charge is 0.262 e. The summed E-state index contributed by atoms with van der Waals surface area (Å²) in [5.41, 5.74) is 1.64. The van der Waals surface area contributed by atoms with Crippen molar-refractivity contribution in [1.82, 2.24) is 10.2 Å². The van der Waals surface area contributed by atoms with E-state index in [1.165, 1.54) is 30.3 Å². The highest BCUT2D eigenvalue weighted by Gasteiger charge is 2.21. The van der Waals surface area contributed by atoms with Crippen LogP contribution in [0.1, 0.15) is 27.5 Å². The number of amides is 1. The molecule has 0 saturated carbocycles. The van der Waals surface area contributed by atoms with Gasteiger partial charge in [-0.3, -0.25) is 9.52 Å². The van der Waals surface area contributed by atoms with Gasteiger partial charge in [0, 0.05) is 12.1 Å². The van der Waals surface area contributed by atoms with Gasteiger partial charge in [-0.2, -0.15) is 0 Å². The minimum atomic E-state index is -4.10. The van der Waals surface area contributed by atoms with Crippen molar-refractivity contribution < 1.29 is 22.3 Å². The Morgan fingerprint density at radius 2 is 1.79 bits per heavy atom. The van der Waals surface area contributed by atoms with Gasteiger partial charge in [0.1, 0.15) is 11.6 Å². The molecule has 3 aromatic rings. The first kappa shape index (κ1) is 25.2. The van der Waals surface area contributed by atoms with Crippen LogP contribution in [-0.2, 0) is 10.0 Å². The molecular formula is C25H28FN3O4S. The highest BCUT2D eigenvalue weighted by molar-refractivity contribution is 7.92. The van der Waals surface area contributed by atoms with E-state index in [0.29, 0.717) is 17.9 Å². The largest absolute Gasteiger partial charge is 0.497 e. The molecule has 7 nitrogen and oxygen atoms in total. The number of nitrogens with zero attached hydrogens (tertiary/aromatic N) is 1. The van der Waals surface area contributed by atoms with Gasteiger partial charge in [0.25, 0.3) is 15.9 Å². The summed E-state index contributed by atoms with van der Waals surface area (Å²) in [4.78, 5) is 14.8. The van der Waals surface area contributed by atoms with E-state index in [1.807, 2.05) is 43.3 Å². The Morgan fingerprint density at radius 1 is 1.06 bits per heavy atom. The van der Waals surface area contributed by atoms with E-state index < -0.39 is 21.7 Å². The van der Waals surface area contributed by atoms with Crippen molar-refractivity contribution in [2.24, 2.45) is 0 Å². The fourth-order valence-corrected chi connectivity index (χ4v) is 4.59. The van der Waals surface area contributed by atoms with Crippen LogP contribution in [0.4, 0.5) is 10.1 Å². The van der Waals surface area contributed by atoms with Gasteiger partial charge >= 0.3 is 0 Å². The normalized spacial score (nSPS) is 12.3. The summed E-state index contributed by atoms with van der Waals surface area (Å²) in [6.45, 7) is 2.02. The number of benzene rings is 3. The SMILES string of the molecule is COc1cccc(C(CNC(=O)c2cc(S(=O)(=O)Nc3ccccc3F)ccc2C)N(C)C)c1. The van der Waals surface area contributed by atoms with Crippen LogP contribution in [0.2, 0.25) is 0 Å². The molecule has 0 aliphatic carbocycles. The van der Waals surface area contributed by atoms with E-state index >= 15 is 0 Å². The number of hydrogen-bond donors (Lipinski definition) is 2. The molecule has 0 radical (unpaired) electrons. The maximum Gasteiger partial charge on any atom is 0.262 e. The number of rotatable bonds is 9. The number of methoxy groups -OCH3 is 1. The first-order valence-electron chi connectivity index (χ1n) is 10.6. The molecule has 0 heterocycles. The molecule has 9 heteroatoms. The zero-order valence-electron chi connectivity index (χ0n) is 19.5. The quantitative estimate of drug-likeness (QED) is 0.479. The Bertz CT molecular complexity index is 1280. The molecule has 3 aromatic carbocycles. The highest BCUT2D eigenvalue weighted by atomic mass is 32.2. The number of ether oxygens (including phenoxy) is 1. The van der Waals surface area contributed by atoms with Gasteiger partial charge in [-0.05, 0) is 68.5 Å². The van der Waals surface area contributed by atoms with Crippen LogP contribution in [0.3, 0.4) is 0 Å². The van der Waals surface area contributed by atoms with Crippen molar-refractivity contribution in [3.8, 4) is 5.75 Å². The lowest BCUT2D eigenvalue weighted by Crippen LogP contribution is -2.35. The molecular weight excluding hydrogens is 457 g/mol. The van der Waals surface area contributed by atoms with Crippen LogP contribution in [0, 0.1) is 12.7 Å². The summed E-state index contributed by atoms with van der Waals surface area (Å²) in [5.74, 6) is -0.384. The van der Waals surface area contributed by atoms with Crippen LogP contribution in [0.25, 0.3) is 0 Å². The number of carbonyl (C=O) groups is 1. The van der Waals surface area contributed by atoms with Gasteiger partial charge in [-0.1, -0.05) is 30.3 Å². The maximum absolute atomic E-state index is 13.9. The molecule has 1 amide bonds. The number of carbonyl (C=O) groups excluding carboxylic acids is 1. The molecule has 0 aliphatic rings. The molecule has 0 saturated heterocycles. The Kier molecular flexibility index (Phi) is 7.90. The number of nitrogens with one attached hydrogen (secondary N) is 2. The maximum atomic E-state index is 13.9. The van der Waals surface area contributed by atoms with Crippen LogP contribution in [-0.4, -0.2) is 47.0 Å². The predicted octanol–water partition coefficient (Wildman–Crippen LogP) is 3.98. The molecule has 0 fully saturated rings. The van der Waals surface area contributed by atoms with Crippen LogP contribution >= 0.6 is 0 Å². The zero-order valence-corrected chi connectivity index (χ0v) is 20.3. The average Bonchev–Trinajstić information content (AvgIpc) is 2.80. The van der Waals surface area contributed by atoms with Crippen molar-refractivity contribution in [2.75, 3.05) is 32.5 Å². The lowest BCUT2D eigenvalue weighted by molar-refractivity contribution is 0.0941. The Labute approximate surface area is 199 Å². The number of likely N-dealkylation sites (N-methyl/N-ethyl adjacent to an activating group) is 1. The van der Waals surface area contributed by atoms with Crippen LogP contribution in [0.5, 0.6) is 5.75 Å². The van der Waals surface area contributed by atoms with Gasteiger partial charge in [0.2, 0.25) is 0 Å². The Morgan fingerprint density at radius 3 is 2.47 bits per heavy atom. The van der Waals surface area contributed by atoms with E-state index in [1.54, 1.807) is 20.1 Å². The Balaban J connectivity index is 1.80. The topological polar surface area (TPSA) is 87.7 Å². The lowest BCUT2D eigenvalue weighted by atomic mass is 10.0. The predicted molar refractivity (Wildman–Crippen MR) is 130 cm³/mol. The summed E-state index contributed by atoms with van der Waals surface area (Å²) in [5, 5.41) is 2.90. The molecule has 0 aliphatic heterocycles. The first-order chi connectivity index (χ1) is 16.1. The number of hydrogen-bond acceptors (Lipinski definition) is 5. The van der Waals surface area contributed by atoms with Gasteiger partial charge in [0.15, 0.2) is 0 Å². The summed E-state index contributed by atoms with van der Waals surface area (Å²) in [6, 6.07) is 17.2. The molecule has 0 bridgehead atoms. The van der Waals surface area contributed by atoms with Crippen LogP contribution < -0.4 is 14.8 Å². The van der Waals surface area contributed by atoms with Crippen molar-refractivity contribution in [1.29, 1.82) is 0 Å². The van der Waals surface area contributed by atoms with E-state index in [2.05, 4.69) is 10.0 Å². The summed E-state index contributed by atoms with van der Waals surface area (Å²) in [7, 11) is 1.31. The Hall–Kier alpha value is -3.43. The lowest BCUT2D eigenvalue weighted by Gasteiger charge is -2.25. The standard InChI is InChI=1S/C25H28FN3O4S/c1-17-12-13-20(34(31,32)28-23-11-6-5-10-22(23)26)15-21(17)25(30)27-16-24(29(2)3)18-8-7-9-19(14-18)33-4/h5-15,24,28H,16H2,1-4H3,(H,27,30). The van der Waals surface area contributed by atoms with Crippen molar-refractivity contribution in [2.45, 2.75) is 17.9 Å². The first-order valence-corrected chi connectivity index (χ1v) is 12.1. The number of anilines is 1. The van der Waals surface area contributed by atoms with Crippen LogP contribution in [0.15, 0.2) is 71.6 Å². The molecule has 3 rings (SSSR count). The minimum Gasteiger partial charge on any atom is -0.497 e. The van der Waals surface area contributed by atoms with E-state index in [4.69, 9.17) is 4.74 Å². The average molecular weight is 486 g/mol. The molecule has 34 heavy (non-hydrogen) atoms. The minimum absolute atomic E-state index is 0.131. The molecule has 1 unspecified atom stereocenters. The summed E-state index contributed by atoms with van der Waals surface area (Å²) >= 11 is 0. The fraction of sp³-hybridized carbons (Fsp3) is 0.240. The second kappa shape index (κ2) is 10.7. The zero-order chi connectivity index (χ0) is 24.9. The van der Waals surface area contributed by atoms with E-state index in [0.717, 1.165) is 11.6 Å². The molecule has 0 aromatic heterocycles. The highest BCUT2D eigenvalue weighted by Crippen LogP contribution is 2.24.